The molecule has 0 aliphatic rings. The van der Waals surface area contributed by atoms with Crippen LogP contribution in [0.15, 0.2) is 10.8 Å². The summed E-state index contributed by atoms with van der Waals surface area (Å²) in [5.41, 5.74) is 0.0379. The van der Waals surface area contributed by atoms with E-state index in [2.05, 4.69) is 20.9 Å². The Morgan fingerprint density at radius 2 is 2.27 bits per heavy atom. The monoisotopic (exact) mass is 391 g/mol. The Morgan fingerprint density at radius 1 is 1.67 bits per heavy atom. The zero-order chi connectivity index (χ0) is 11.6. The van der Waals surface area contributed by atoms with Gasteiger partial charge in [0.2, 0.25) is 0 Å². The van der Waals surface area contributed by atoms with Crippen molar-refractivity contribution in [3.05, 3.63) is 25.5 Å². The first-order valence-corrected chi connectivity index (χ1v) is 5.63. The van der Waals surface area contributed by atoms with Crippen molar-refractivity contribution in [3.8, 4) is 0 Å². The molecule has 0 spiro atoms. The number of carbonyl (C=O) groups is 1. The van der Waals surface area contributed by atoms with E-state index in [-0.39, 0.29) is 21.1 Å². The van der Waals surface area contributed by atoms with E-state index < -0.39 is 12.4 Å². The molecule has 0 fully saturated rings. The highest BCUT2D eigenvalue weighted by Gasteiger charge is 2.19. The standard InChI is InChI=1S/C8H5BrF2INO2/c9-7-3(1-5(14)15)6(12)4(2-13-7)8(10)11/h2,8H,1H2,(H,14,15). The van der Waals surface area contributed by atoms with Gasteiger partial charge in [-0.15, -0.1) is 0 Å². The summed E-state index contributed by atoms with van der Waals surface area (Å²) in [6.07, 6.45) is -1.93. The Morgan fingerprint density at radius 3 is 2.73 bits per heavy atom. The lowest BCUT2D eigenvalue weighted by atomic mass is 10.1. The van der Waals surface area contributed by atoms with Crippen molar-refractivity contribution in [1.82, 2.24) is 4.98 Å². The molecule has 0 radical (unpaired) electrons. The predicted molar refractivity (Wildman–Crippen MR) is 61.0 cm³/mol. The molecule has 0 amide bonds. The molecule has 1 N–H and O–H groups in total. The van der Waals surface area contributed by atoms with Crippen LogP contribution in [0.5, 0.6) is 0 Å². The third-order valence-electron chi connectivity index (χ3n) is 1.65. The topological polar surface area (TPSA) is 50.2 Å². The van der Waals surface area contributed by atoms with Gasteiger partial charge in [0.1, 0.15) is 4.60 Å². The minimum atomic E-state index is -2.65. The Labute approximate surface area is 106 Å². The molecule has 0 atom stereocenters. The Balaban J connectivity index is 3.23. The first kappa shape index (κ1) is 12.8. The fourth-order valence-corrected chi connectivity index (χ4v) is 2.61. The lowest BCUT2D eigenvalue weighted by Gasteiger charge is -2.08. The SMILES string of the molecule is O=C(O)Cc1c(Br)ncc(C(F)F)c1I. The summed E-state index contributed by atoms with van der Waals surface area (Å²) in [5, 5.41) is 8.61. The van der Waals surface area contributed by atoms with Crippen LogP contribution in [0.25, 0.3) is 0 Å². The molecule has 0 saturated carbocycles. The number of alkyl halides is 2. The number of rotatable bonds is 3. The van der Waals surface area contributed by atoms with Crippen LogP contribution >= 0.6 is 38.5 Å². The van der Waals surface area contributed by atoms with Crippen LogP contribution in [0.2, 0.25) is 0 Å². The molecule has 0 unspecified atom stereocenters. The molecule has 1 rings (SSSR count). The molecule has 15 heavy (non-hydrogen) atoms. The second-order valence-corrected chi connectivity index (χ2v) is 4.50. The van der Waals surface area contributed by atoms with Crippen molar-refractivity contribution in [2.45, 2.75) is 12.8 Å². The first-order valence-electron chi connectivity index (χ1n) is 3.76. The minimum Gasteiger partial charge on any atom is -0.481 e. The molecule has 3 nitrogen and oxygen atoms in total. The number of carboxylic acid groups (broad SMARTS) is 1. The van der Waals surface area contributed by atoms with Crippen molar-refractivity contribution in [3.63, 3.8) is 0 Å². The van der Waals surface area contributed by atoms with E-state index in [9.17, 15) is 13.6 Å². The highest BCUT2D eigenvalue weighted by atomic mass is 127. The molecule has 7 heteroatoms. The van der Waals surface area contributed by atoms with Crippen molar-refractivity contribution in [1.29, 1.82) is 0 Å². The van der Waals surface area contributed by atoms with Gasteiger partial charge in [0.05, 0.1) is 6.42 Å². The van der Waals surface area contributed by atoms with E-state index in [0.29, 0.717) is 4.60 Å². The summed E-state index contributed by atoms with van der Waals surface area (Å²) in [4.78, 5) is 14.2. The van der Waals surface area contributed by atoms with Crippen LogP contribution in [0.1, 0.15) is 17.6 Å². The maximum absolute atomic E-state index is 12.5. The smallest absolute Gasteiger partial charge is 0.307 e. The Hall–Kier alpha value is -0.310. The minimum absolute atomic E-state index is 0.241. The number of hydrogen-bond donors (Lipinski definition) is 1. The second kappa shape index (κ2) is 5.15. The average molecular weight is 392 g/mol. The molecule has 1 aromatic rings. The quantitative estimate of drug-likeness (QED) is 0.636. The molecule has 0 aliphatic heterocycles. The second-order valence-electron chi connectivity index (χ2n) is 2.67. The zero-order valence-corrected chi connectivity index (χ0v) is 10.9. The number of aromatic nitrogens is 1. The third-order valence-corrected chi connectivity index (χ3v) is 3.60. The lowest BCUT2D eigenvalue weighted by Crippen LogP contribution is -2.06. The summed E-state index contributed by atoms with van der Waals surface area (Å²) in [5.74, 6) is -1.08. The average Bonchev–Trinajstić information content (AvgIpc) is 2.11. The van der Waals surface area contributed by atoms with Crippen LogP contribution in [-0.4, -0.2) is 16.1 Å². The Kier molecular flexibility index (Phi) is 4.38. The largest absolute Gasteiger partial charge is 0.481 e. The lowest BCUT2D eigenvalue weighted by molar-refractivity contribution is -0.136. The summed E-state index contributed by atoms with van der Waals surface area (Å²) in [7, 11) is 0. The number of aliphatic carboxylic acids is 1. The molecular formula is C8H5BrF2INO2. The van der Waals surface area contributed by atoms with E-state index in [4.69, 9.17) is 5.11 Å². The van der Waals surface area contributed by atoms with Crippen LogP contribution in [0.3, 0.4) is 0 Å². The van der Waals surface area contributed by atoms with Crippen molar-refractivity contribution in [2.24, 2.45) is 0 Å². The summed E-state index contributed by atoms with van der Waals surface area (Å²) < 4.78 is 25.5. The van der Waals surface area contributed by atoms with Crippen molar-refractivity contribution < 1.29 is 18.7 Å². The number of nitrogens with zero attached hydrogens (tertiary/aromatic N) is 1. The molecule has 1 aromatic heterocycles. The third kappa shape index (κ3) is 3.07. The Bertz CT molecular complexity index is 400. The van der Waals surface area contributed by atoms with Gasteiger partial charge in [0, 0.05) is 20.9 Å². The van der Waals surface area contributed by atoms with Crippen LogP contribution < -0.4 is 0 Å². The van der Waals surface area contributed by atoms with Gasteiger partial charge in [-0.05, 0) is 38.5 Å². The number of halogens is 4. The van der Waals surface area contributed by atoms with E-state index in [1.165, 1.54) is 0 Å². The molecule has 82 valence electrons. The maximum Gasteiger partial charge on any atom is 0.307 e. The van der Waals surface area contributed by atoms with Gasteiger partial charge < -0.3 is 5.11 Å². The van der Waals surface area contributed by atoms with Gasteiger partial charge in [-0.1, -0.05) is 0 Å². The van der Waals surface area contributed by atoms with E-state index in [0.717, 1.165) is 6.20 Å². The zero-order valence-electron chi connectivity index (χ0n) is 7.18. The molecule has 0 aliphatic carbocycles. The highest BCUT2D eigenvalue weighted by Crippen LogP contribution is 2.29. The van der Waals surface area contributed by atoms with E-state index >= 15 is 0 Å². The fraction of sp³-hybridized carbons (Fsp3) is 0.250. The van der Waals surface area contributed by atoms with Gasteiger partial charge in [0.25, 0.3) is 6.43 Å². The number of hydrogen-bond acceptors (Lipinski definition) is 2. The highest BCUT2D eigenvalue weighted by molar-refractivity contribution is 14.1. The number of pyridine rings is 1. The van der Waals surface area contributed by atoms with E-state index in [1.54, 1.807) is 22.6 Å². The van der Waals surface area contributed by atoms with Gasteiger partial charge in [0.15, 0.2) is 0 Å². The van der Waals surface area contributed by atoms with Gasteiger partial charge in [-0.2, -0.15) is 0 Å². The summed E-state index contributed by atoms with van der Waals surface area (Å²) >= 11 is 4.74. The molecule has 0 bridgehead atoms. The normalized spacial score (nSPS) is 10.7. The first-order chi connectivity index (χ1) is 6.93. The maximum atomic E-state index is 12.5. The molecular weight excluding hydrogens is 387 g/mol. The van der Waals surface area contributed by atoms with Crippen LogP contribution in [-0.2, 0) is 11.2 Å². The summed E-state index contributed by atoms with van der Waals surface area (Å²) in [6.45, 7) is 0. The van der Waals surface area contributed by atoms with Crippen LogP contribution in [0, 0.1) is 3.57 Å². The number of carboxylic acids is 1. The predicted octanol–water partition coefficient (Wildman–Crippen LogP) is 3.01. The van der Waals surface area contributed by atoms with Crippen molar-refractivity contribution >= 4 is 44.5 Å². The van der Waals surface area contributed by atoms with Gasteiger partial charge in [-0.25, -0.2) is 13.8 Å². The fourth-order valence-electron chi connectivity index (χ4n) is 0.979. The molecule has 0 aromatic carbocycles. The summed E-state index contributed by atoms with van der Waals surface area (Å²) in [6, 6.07) is 0. The van der Waals surface area contributed by atoms with Gasteiger partial charge >= 0.3 is 5.97 Å². The molecule has 0 saturated heterocycles. The molecule has 1 heterocycles. The van der Waals surface area contributed by atoms with Crippen molar-refractivity contribution in [2.75, 3.05) is 0 Å². The van der Waals surface area contributed by atoms with Crippen LogP contribution in [0.4, 0.5) is 8.78 Å². The van der Waals surface area contributed by atoms with E-state index in [1.807, 2.05) is 0 Å². The van der Waals surface area contributed by atoms with Gasteiger partial charge in [-0.3, -0.25) is 4.79 Å².